The fourth-order valence-corrected chi connectivity index (χ4v) is 4.46. The summed E-state index contributed by atoms with van der Waals surface area (Å²) < 4.78 is 18.3. The highest BCUT2D eigenvalue weighted by atomic mass is 79.9. The van der Waals surface area contributed by atoms with Crippen molar-refractivity contribution in [1.29, 1.82) is 0 Å². The topological polar surface area (TPSA) is 94.1 Å². The van der Waals surface area contributed by atoms with Crippen LogP contribution in [-0.2, 0) is 4.74 Å². The molecule has 2 N–H and O–H groups in total. The molecule has 3 rings (SSSR count). The molecule has 1 aliphatic carbocycles. The first-order chi connectivity index (χ1) is 13.4. The van der Waals surface area contributed by atoms with Crippen LogP contribution in [0.4, 0.5) is 4.79 Å². The summed E-state index contributed by atoms with van der Waals surface area (Å²) in [7, 11) is 0. The number of carboxylic acids is 1. The zero-order valence-electron chi connectivity index (χ0n) is 17.4. The Morgan fingerprint density at radius 2 is 1.79 bits per heavy atom. The Bertz CT molecular complexity index is 825. The number of amides is 1. The molecule has 0 spiro atoms. The summed E-state index contributed by atoms with van der Waals surface area (Å²) in [5.74, 6) is -0.732. The molecule has 1 fully saturated rings. The molecule has 1 aliphatic heterocycles. The SMILES string of the molecule is Cc1c(C(=O)O)cc(Br)c2c1O[C@@](C)(C1CCC(NC(=O)OC(C)(C)C)CC1)O2. The van der Waals surface area contributed by atoms with Crippen LogP contribution in [0.5, 0.6) is 11.5 Å². The fourth-order valence-electron chi connectivity index (χ4n) is 3.97. The number of hydrogen-bond acceptors (Lipinski definition) is 5. The molecule has 0 unspecified atom stereocenters. The molecule has 1 heterocycles. The molecule has 0 aromatic heterocycles. The first kappa shape index (κ1) is 21.7. The quantitative estimate of drug-likeness (QED) is 0.644. The first-order valence-electron chi connectivity index (χ1n) is 9.83. The third kappa shape index (κ3) is 4.63. The van der Waals surface area contributed by atoms with Crippen LogP contribution < -0.4 is 14.8 Å². The van der Waals surface area contributed by atoms with Gasteiger partial charge in [-0.15, -0.1) is 0 Å². The molecule has 1 aromatic rings. The van der Waals surface area contributed by atoms with Gasteiger partial charge in [0.05, 0.1) is 10.0 Å². The zero-order chi connectivity index (χ0) is 21.6. The Kier molecular flexibility index (Phi) is 5.77. The van der Waals surface area contributed by atoms with Gasteiger partial charge in [-0.25, -0.2) is 9.59 Å². The Labute approximate surface area is 179 Å². The second kappa shape index (κ2) is 7.70. The highest BCUT2D eigenvalue weighted by Crippen LogP contribution is 2.51. The maximum Gasteiger partial charge on any atom is 0.407 e. The third-order valence-electron chi connectivity index (χ3n) is 5.47. The van der Waals surface area contributed by atoms with Gasteiger partial charge in [0.15, 0.2) is 11.5 Å². The van der Waals surface area contributed by atoms with Crippen LogP contribution >= 0.6 is 15.9 Å². The van der Waals surface area contributed by atoms with Crippen LogP contribution in [-0.4, -0.2) is 34.6 Å². The zero-order valence-corrected chi connectivity index (χ0v) is 19.0. The van der Waals surface area contributed by atoms with E-state index in [0.717, 1.165) is 25.7 Å². The predicted molar refractivity (Wildman–Crippen MR) is 111 cm³/mol. The lowest BCUT2D eigenvalue weighted by molar-refractivity contribution is -0.121. The highest BCUT2D eigenvalue weighted by molar-refractivity contribution is 9.10. The molecule has 0 bridgehead atoms. The number of alkyl carbamates (subject to hydrolysis) is 1. The molecule has 2 aliphatic rings. The monoisotopic (exact) mass is 469 g/mol. The number of nitrogens with one attached hydrogen (secondary N) is 1. The van der Waals surface area contributed by atoms with Gasteiger partial charge in [0.1, 0.15) is 5.60 Å². The Hall–Kier alpha value is -1.96. The highest BCUT2D eigenvalue weighted by Gasteiger charge is 2.47. The van der Waals surface area contributed by atoms with Crippen molar-refractivity contribution in [3.8, 4) is 11.5 Å². The standard InChI is InChI=1S/C21H28BrNO6/c1-11-14(18(24)25)10-15(22)17-16(11)27-21(5,28-17)12-6-8-13(9-7-12)23-19(26)29-20(2,3)4/h10,12-13H,6-9H2,1-5H3,(H,23,26)(H,24,25)/t12?,13?,21-/m1/s1. The molecule has 1 aromatic carbocycles. The smallest absolute Gasteiger partial charge is 0.407 e. The van der Waals surface area contributed by atoms with Crippen molar-refractivity contribution < 1.29 is 28.9 Å². The van der Waals surface area contributed by atoms with Crippen LogP contribution in [0, 0.1) is 12.8 Å². The number of aromatic carboxylic acids is 1. The van der Waals surface area contributed by atoms with Crippen molar-refractivity contribution in [3.05, 3.63) is 21.7 Å². The number of hydrogen-bond donors (Lipinski definition) is 2. The Morgan fingerprint density at radius 1 is 1.21 bits per heavy atom. The number of carbonyl (C=O) groups is 2. The molecule has 29 heavy (non-hydrogen) atoms. The first-order valence-corrected chi connectivity index (χ1v) is 10.6. The summed E-state index contributed by atoms with van der Waals surface area (Å²) in [6.07, 6.45) is 2.82. The number of halogens is 1. The van der Waals surface area contributed by atoms with Crippen molar-refractivity contribution in [3.63, 3.8) is 0 Å². The lowest BCUT2D eigenvalue weighted by Gasteiger charge is -2.37. The number of benzene rings is 1. The Morgan fingerprint density at radius 3 is 2.34 bits per heavy atom. The molecule has 7 nitrogen and oxygen atoms in total. The minimum absolute atomic E-state index is 0.0561. The van der Waals surface area contributed by atoms with Gasteiger partial charge in [-0.3, -0.25) is 0 Å². The maximum atomic E-state index is 12.0. The van der Waals surface area contributed by atoms with E-state index in [9.17, 15) is 14.7 Å². The van der Waals surface area contributed by atoms with E-state index in [0.29, 0.717) is 21.5 Å². The average molecular weight is 470 g/mol. The van der Waals surface area contributed by atoms with E-state index in [1.54, 1.807) is 13.0 Å². The molecule has 0 radical (unpaired) electrons. The summed E-state index contributed by atoms with van der Waals surface area (Å²) in [6.45, 7) is 9.14. The molecule has 8 heteroatoms. The van der Waals surface area contributed by atoms with Gasteiger partial charge in [-0.2, -0.15) is 0 Å². The molecule has 1 saturated carbocycles. The van der Waals surface area contributed by atoms with E-state index in [4.69, 9.17) is 14.2 Å². The largest absolute Gasteiger partial charge is 0.478 e. The lowest BCUT2D eigenvalue weighted by Crippen LogP contribution is -2.48. The van der Waals surface area contributed by atoms with Gasteiger partial charge in [0, 0.05) is 24.4 Å². The van der Waals surface area contributed by atoms with Crippen LogP contribution in [0.15, 0.2) is 10.5 Å². The van der Waals surface area contributed by atoms with Gasteiger partial charge in [-0.05, 0) is 75.4 Å². The van der Waals surface area contributed by atoms with E-state index in [1.165, 1.54) is 0 Å². The van der Waals surface area contributed by atoms with Crippen molar-refractivity contribution in [2.75, 3.05) is 0 Å². The minimum atomic E-state index is -1.00. The number of carbonyl (C=O) groups excluding carboxylic acids is 1. The van der Waals surface area contributed by atoms with Gasteiger partial charge in [0.2, 0.25) is 0 Å². The minimum Gasteiger partial charge on any atom is -0.478 e. The van der Waals surface area contributed by atoms with E-state index in [2.05, 4.69) is 21.2 Å². The number of fused-ring (bicyclic) bond motifs is 1. The Balaban J connectivity index is 1.66. The van der Waals surface area contributed by atoms with E-state index in [1.807, 2.05) is 27.7 Å². The van der Waals surface area contributed by atoms with Gasteiger partial charge in [-0.1, -0.05) is 0 Å². The molecule has 160 valence electrons. The maximum absolute atomic E-state index is 12.0. The number of rotatable bonds is 3. The summed E-state index contributed by atoms with van der Waals surface area (Å²) in [5, 5.41) is 12.3. The van der Waals surface area contributed by atoms with Gasteiger partial charge in [0.25, 0.3) is 5.79 Å². The molecule has 1 amide bonds. The van der Waals surface area contributed by atoms with Crippen LogP contribution in [0.1, 0.15) is 69.3 Å². The average Bonchev–Trinajstić information content (AvgIpc) is 2.96. The molecular weight excluding hydrogens is 442 g/mol. The summed E-state index contributed by atoms with van der Waals surface area (Å²) >= 11 is 3.41. The second-order valence-electron chi connectivity index (χ2n) is 8.91. The second-order valence-corrected chi connectivity index (χ2v) is 9.76. The molecule has 0 saturated heterocycles. The normalized spacial score (nSPS) is 26.1. The van der Waals surface area contributed by atoms with Crippen molar-refractivity contribution in [2.24, 2.45) is 5.92 Å². The van der Waals surface area contributed by atoms with Crippen molar-refractivity contribution in [1.82, 2.24) is 5.32 Å². The summed E-state index contributed by atoms with van der Waals surface area (Å²) in [5.41, 5.74) is 0.222. The molecule has 1 atom stereocenters. The van der Waals surface area contributed by atoms with Crippen LogP contribution in [0.25, 0.3) is 0 Å². The fraction of sp³-hybridized carbons (Fsp3) is 0.619. The third-order valence-corrected chi connectivity index (χ3v) is 6.06. The van der Waals surface area contributed by atoms with Crippen molar-refractivity contribution in [2.45, 2.75) is 77.7 Å². The van der Waals surface area contributed by atoms with Crippen LogP contribution in [0.2, 0.25) is 0 Å². The van der Waals surface area contributed by atoms with E-state index < -0.39 is 23.5 Å². The number of carboxylic acid groups (broad SMARTS) is 1. The van der Waals surface area contributed by atoms with Crippen molar-refractivity contribution >= 4 is 28.0 Å². The number of ether oxygens (including phenoxy) is 3. The summed E-state index contributed by atoms with van der Waals surface area (Å²) in [6, 6.07) is 1.60. The summed E-state index contributed by atoms with van der Waals surface area (Å²) in [4.78, 5) is 23.5. The van der Waals surface area contributed by atoms with E-state index >= 15 is 0 Å². The van der Waals surface area contributed by atoms with Gasteiger partial charge >= 0.3 is 12.1 Å². The predicted octanol–water partition coefficient (Wildman–Crippen LogP) is 5.03. The lowest BCUT2D eigenvalue weighted by atomic mass is 9.81. The van der Waals surface area contributed by atoms with Gasteiger partial charge < -0.3 is 24.6 Å². The van der Waals surface area contributed by atoms with E-state index in [-0.39, 0.29) is 17.5 Å². The molecular formula is C21H28BrNO6. The van der Waals surface area contributed by atoms with Crippen LogP contribution in [0.3, 0.4) is 0 Å².